The van der Waals surface area contributed by atoms with E-state index < -0.39 is 35.0 Å². The first kappa shape index (κ1) is 23.7. The number of amides is 2. The third-order valence-electron chi connectivity index (χ3n) is 8.58. The van der Waals surface area contributed by atoms with Crippen molar-refractivity contribution >= 4 is 39.3 Å². The summed E-state index contributed by atoms with van der Waals surface area (Å²) in [6, 6.07) is 20.1. The minimum Gasteiger partial charge on any atom is -0.476 e. The summed E-state index contributed by atoms with van der Waals surface area (Å²) in [5, 5.41) is 21.9. The number of para-hydroxylation sites is 2. The van der Waals surface area contributed by atoms with E-state index in [2.05, 4.69) is 16.0 Å². The number of hydrogen-bond donors (Lipinski definition) is 1. The Morgan fingerprint density at radius 3 is 2.56 bits per heavy atom. The van der Waals surface area contributed by atoms with Crippen LogP contribution in [0.1, 0.15) is 25.3 Å². The molecule has 3 saturated heterocycles. The maximum atomic E-state index is 14.0. The molecule has 2 bridgehead atoms. The summed E-state index contributed by atoms with van der Waals surface area (Å²) < 4.78 is 12.3. The van der Waals surface area contributed by atoms with Crippen molar-refractivity contribution in [3.05, 3.63) is 72.4 Å². The van der Waals surface area contributed by atoms with Gasteiger partial charge in [0.15, 0.2) is 0 Å². The van der Waals surface area contributed by atoms with E-state index in [4.69, 9.17) is 9.47 Å². The number of imide groups is 1. The Kier molecular flexibility index (Phi) is 5.05. The van der Waals surface area contributed by atoms with E-state index in [9.17, 15) is 20.0 Å². The number of anilines is 1. The van der Waals surface area contributed by atoms with E-state index in [0.29, 0.717) is 33.4 Å². The Bertz CT molecular complexity index is 1730. The SMILES string of the molecule is C[C@]12O[C@](CCOc3cnc4ccccc4n3)(C[C@@H]1O)[C@H]1C(=O)N(c3ccc(C#N)c4ccccc34)C(=O)[C@H]12. The van der Waals surface area contributed by atoms with Gasteiger partial charge in [0.2, 0.25) is 17.7 Å². The maximum Gasteiger partial charge on any atom is 0.240 e. The summed E-state index contributed by atoms with van der Waals surface area (Å²) in [7, 11) is 0. The minimum atomic E-state index is -1.20. The summed E-state index contributed by atoms with van der Waals surface area (Å²) in [6.45, 7) is 1.88. The molecule has 1 N–H and O–H groups in total. The van der Waals surface area contributed by atoms with Crippen molar-refractivity contribution in [2.45, 2.75) is 37.1 Å². The van der Waals surface area contributed by atoms with Crippen LogP contribution in [-0.4, -0.2) is 50.8 Å². The van der Waals surface area contributed by atoms with E-state index in [1.807, 2.05) is 36.4 Å². The van der Waals surface area contributed by atoms with E-state index in [1.165, 1.54) is 4.90 Å². The number of hydrogen-bond acceptors (Lipinski definition) is 8. The van der Waals surface area contributed by atoms with Gasteiger partial charge in [-0.1, -0.05) is 36.4 Å². The summed E-state index contributed by atoms with van der Waals surface area (Å²) in [6.07, 6.45) is 1.15. The van der Waals surface area contributed by atoms with Crippen molar-refractivity contribution in [2.24, 2.45) is 11.8 Å². The lowest BCUT2D eigenvalue weighted by Crippen LogP contribution is -2.49. The first-order valence-corrected chi connectivity index (χ1v) is 12.9. The van der Waals surface area contributed by atoms with Gasteiger partial charge in [0.25, 0.3) is 0 Å². The summed E-state index contributed by atoms with van der Waals surface area (Å²) in [5.74, 6) is -2.01. The van der Waals surface area contributed by atoms with Gasteiger partial charge in [-0.2, -0.15) is 5.26 Å². The number of aliphatic hydroxyl groups excluding tert-OH is 1. The smallest absolute Gasteiger partial charge is 0.240 e. The number of aliphatic hydroxyl groups is 1. The van der Waals surface area contributed by atoms with E-state index in [0.717, 1.165) is 5.52 Å². The summed E-state index contributed by atoms with van der Waals surface area (Å²) in [4.78, 5) is 38.0. The van der Waals surface area contributed by atoms with Gasteiger partial charge in [0.1, 0.15) is 5.60 Å². The zero-order valence-corrected chi connectivity index (χ0v) is 21.1. The Morgan fingerprint density at radius 1 is 1.05 bits per heavy atom. The molecule has 1 aromatic heterocycles. The zero-order chi connectivity index (χ0) is 26.9. The molecule has 0 aliphatic carbocycles. The van der Waals surface area contributed by atoms with Crippen LogP contribution in [0.25, 0.3) is 21.8 Å². The highest BCUT2D eigenvalue weighted by Gasteiger charge is 2.77. The molecule has 4 aromatic rings. The lowest BCUT2D eigenvalue weighted by molar-refractivity contribution is -0.134. The van der Waals surface area contributed by atoms with Crippen LogP contribution in [0.4, 0.5) is 5.69 Å². The molecule has 0 spiro atoms. The fourth-order valence-electron chi connectivity index (χ4n) is 6.78. The summed E-state index contributed by atoms with van der Waals surface area (Å²) in [5.41, 5.74) is 0.0976. The van der Waals surface area contributed by atoms with Crippen LogP contribution in [0, 0.1) is 23.2 Å². The molecule has 39 heavy (non-hydrogen) atoms. The number of carbonyl (C=O) groups is 2. The van der Waals surface area contributed by atoms with Crippen LogP contribution in [0.15, 0.2) is 66.9 Å². The molecule has 5 atom stereocenters. The molecule has 9 nitrogen and oxygen atoms in total. The molecule has 4 heterocycles. The number of nitriles is 1. The van der Waals surface area contributed by atoms with Crippen LogP contribution in [0.5, 0.6) is 5.88 Å². The number of ether oxygens (including phenoxy) is 2. The van der Waals surface area contributed by atoms with Crippen molar-refractivity contribution in [3.8, 4) is 11.9 Å². The minimum absolute atomic E-state index is 0.167. The number of nitrogens with zero attached hydrogens (tertiary/aromatic N) is 4. The Balaban J connectivity index is 1.21. The van der Waals surface area contributed by atoms with Gasteiger partial charge in [-0.25, -0.2) is 14.9 Å². The molecule has 194 valence electrons. The first-order valence-electron chi connectivity index (χ1n) is 12.9. The molecule has 3 aliphatic rings. The van der Waals surface area contributed by atoms with Crippen LogP contribution in [-0.2, 0) is 14.3 Å². The van der Waals surface area contributed by atoms with Gasteiger partial charge in [0.05, 0.1) is 64.7 Å². The van der Waals surface area contributed by atoms with E-state index in [-0.39, 0.29) is 25.4 Å². The molecular formula is C30H24N4O5. The topological polar surface area (TPSA) is 126 Å². The fourth-order valence-corrected chi connectivity index (χ4v) is 6.78. The Labute approximate surface area is 223 Å². The van der Waals surface area contributed by atoms with Crippen LogP contribution in [0.3, 0.4) is 0 Å². The average molecular weight is 521 g/mol. The molecule has 7 rings (SSSR count). The molecule has 2 amide bonds. The van der Waals surface area contributed by atoms with Gasteiger partial charge >= 0.3 is 0 Å². The molecule has 0 unspecified atom stereocenters. The highest BCUT2D eigenvalue weighted by atomic mass is 16.6. The quantitative estimate of drug-likeness (QED) is 0.396. The van der Waals surface area contributed by atoms with Crippen LogP contribution < -0.4 is 9.64 Å². The predicted molar refractivity (Wildman–Crippen MR) is 141 cm³/mol. The second kappa shape index (κ2) is 8.30. The second-order valence-electron chi connectivity index (χ2n) is 10.6. The number of rotatable bonds is 5. The van der Waals surface area contributed by atoms with E-state index in [1.54, 1.807) is 37.4 Å². The predicted octanol–water partition coefficient (Wildman–Crippen LogP) is 3.52. The zero-order valence-electron chi connectivity index (χ0n) is 21.1. The number of carbonyl (C=O) groups excluding carboxylic acids is 2. The average Bonchev–Trinajstić information content (AvgIpc) is 3.48. The molecule has 3 fully saturated rings. The normalized spacial score (nSPS) is 29.3. The van der Waals surface area contributed by atoms with Crippen molar-refractivity contribution in [2.75, 3.05) is 11.5 Å². The lowest BCUT2D eigenvalue weighted by Gasteiger charge is -2.33. The Hall–Kier alpha value is -4.39. The fraction of sp³-hybridized carbons (Fsp3) is 0.300. The maximum absolute atomic E-state index is 14.0. The molecule has 3 aromatic carbocycles. The number of aromatic nitrogens is 2. The van der Waals surface area contributed by atoms with Crippen LogP contribution >= 0.6 is 0 Å². The molecule has 9 heteroatoms. The molecule has 3 aliphatic heterocycles. The lowest BCUT2D eigenvalue weighted by atomic mass is 9.66. The number of benzene rings is 3. The molecule has 0 radical (unpaired) electrons. The van der Waals surface area contributed by atoms with Gasteiger partial charge in [0, 0.05) is 23.6 Å². The van der Waals surface area contributed by atoms with Crippen molar-refractivity contribution in [3.63, 3.8) is 0 Å². The van der Waals surface area contributed by atoms with Gasteiger partial charge in [-0.15, -0.1) is 0 Å². The second-order valence-corrected chi connectivity index (χ2v) is 10.6. The molecule has 0 saturated carbocycles. The first-order chi connectivity index (χ1) is 18.9. The van der Waals surface area contributed by atoms with Crippen molar-refractivity contribution in [1.82, 2.24) is 9.97 Å². The standard InChI is InChI=1S/C30H24N4O5/c1-29-23(35)14-30(39-29,12-13-38-24-16-32-20-8-4-5-9-21(20)33-24)26-25(29)27(36)34(28(26)37)22-11-10-17(15-31)18-6-2-3-7-19(18)22/h2-11,16,23,25-26,35H,12-14H2,1H3/t23-,25-,26+,29-,30+/m0/s1. The van der Waals surface area contributed by atoms with E-state index >= 15 is 0 Å². The van der Waals surface area contributed by atoms with Crippen LogP contribution in [0.2, 0.25) is 0 Å². The van der Waals surface area contributed by atoms with Gasteiger partial charge in [-0.05, 0) is 31.2 Å². The van der Waals surface area contributed by atoms with Crippen molar-refractivity contribution in [1.29, 1.82) is 5.26 Å². The monoisotopic (exact) mass is 520 g/mol. The van der Waals surface area contributed by atoms with Crippen molar-refractivity contribution < 1.29 is 24.2 Å². The van der Waals surface area contributed by atoms with Gasteiger partial charge in [-0.3, -0.25) is 9.59 Å². The summed E-state index contributed by atoms with van der Waals surface area (Å²) >= 11 is 0. The number of fused-ring (bicyclic) bond motifs is 7. The van der Waals surface area contributed by atoms with Gasteiger partial charge < -0.3 is 14.6 Å². The highest BCUT2D eigenvalue weighted by molar-refractivity contribution is 6.26. The largest absolute Gasteiger partial charge is 0.476 e. The highest BCUT2D eigenvalue weighted by Crippen LogP contribution is 2.62. The third-order valence-corrected chi connectivity index (χ3v) is 8.58. The Morgan fingerprint density at radius 2 is 1.77 bits per heavy atom. The molecular weight excluding hydrogens is 496 g/mol. The third kappa shape index (κ3) is 3.25.